The largest absolute Gasteiger partial charge is 0.391 e. The SMILES string of the molecule is COCC(O)CCNCc1ccc(N2CCCC2)nc1. The highest BCUT2D eigenvalue weighted by atomic mass is 16.5. The Labute approximate surface area is 121 Å². The number of ether oxygens (including phenoxy) is 1. The lowest BCUT2D eigenvalue weighted by Gasteiger charge is -2.16. The van der Waals surface area contributed by atoms with E-state index in [0.717, 1.165) is 32.0 Å². The van der Waals surface area contributed by atoms with E-state index in [1.165, 1.54) is 18.4 Å². The zero-order valence-corrected chi connectivity index (χ0v) is 12.2. The van der Waals surface area contributed by atoms with Gasteiger partial charge in [-0.1, -0.05) is 6.07 Å². The monoisotopic (exact) mass is 279 g/mol. The second-order valence-electron chi connectivity index (χ2n) is 5.29. The van der Waals surface area contributed by atoms with Crippen LogP contribution in [-0.2, 0) is 11.3 Å². The zero-order valence-electron chi connectivity index (χ0n) is 12.2. The molecule has 1 saturated heterocycles. The van der Waals surface area contributed by atoms with Crippen LogP contribution in [0.4, 0.5) is 5.82 Å². The molecule has 1 atom stereocenters. The van der Waals surface area contributed by atoms with Gasteiger partial charge in [0.25, 0.3) is 0 Å². The summed E-state index contributed by atoms with van der Waals surface area (Å²) in [6.07, 6.45) is 4.80. The molecule has 0 radical (unpaired) electrons. The van der Waals surface area contributed by atoms with Gasteiger partial charge < -0.3 is 20.1 Å². The molecular weight excluding hydrogens is 254 g/mol. The number of aliphatic hydroxyl groups excluding tert-OH is 1. The van der Waals surface area contributed by atoms with E-state index < -0.39 is 0 Å². The van der Waals surface area contributed by atoms with Crippen molar-refractivity contribution in [1.29, 1.82) is 0 Å². The summed E-state index contributed by atoms with van der Waals surface area (Å²) >= 11 is 0. The van der Waals surface area contributed by atoms with Gasteiger partial charge in [-0.2, -0.15) is 0 Å². The molecule has 0 bridgehead atoms. The Morgan fingerprint density at radius 2 is 2.20 bits per heavy atom. The van der Waals surface area contributed by atoms with Gasteiger partial charge in [-0.3, -0.25) is 0 Å². The van der Waals surface area contributed by atoms with Gasteiger partial charge in [0.2, 0.25) is 0 Å². The lowest BCUT2D eigenvalue weighted by Crippen LogP contribution is -2.23. The first-order chi connectivity index (χ1) is 9.79. The summed E-state index contributed by atoms with van der Waals surface area (Å²) in [6, 6.07) is 4.22. The Balaban J connectivity index is 1.68. The number of aromatic nitrogens is 1. The number of hydrogen-bond donors (Lipinski definition) is 2. The minimum absolute atomic E-state index is 0.386. The molecule has 1 aromatic heterocycles. The van der Waals surface area contributed by atoms with Gasteiger partial charge >= 0.3 is 0 Å². The smallest absolute Gasteiger partial charge is 0.128 e. The molecule has 2 N–H and O–H groups in total. The first-order valence-corrected chi connectivity index (χ1v) is 7.37. The molecule has 0 saturated carbocycles. The summed E-state index contributed by atoms with van der Waals surface area (Å²) in [5, 5.41) is 12.8. The number of rotatable bonds is 8. The maximum Gasteiger partial charge on any atom is 0.128 e. The van der Waals surface area contributed by atoms with Crippen LogP contribution in [0.25, 0.3) is 0 Å². The lowest BCUT2D eigenvalue weighted by molar-refractivity contribution is 0.0594. The minimum Gasteiger partial charge on any atom is -0.391 e. The van der Waals surface area contributed by atoms with E-state index in [0.29, 0.717) is 13.0 Å². The normalized spacial score (nSPS) is 16.6. The van der Waals surface area contributed by atoms with Crippen molar-refractivity contribution in [3.63, 3.8) is 0 Å². The minimum atomic E-state index is -0.386. The Hall–Kier alpha value is -1.17. The molecule has 20 heavy (non-hydrogen) atoms. The maximum atomic E-state index is 9.52. The van der Waals surface area contributed by atoms with Crippen LogP contribution < -0.4 is 10.2 Å². The van der Waals surface area contributed by atoms with Crippen molar-refractivity contribution in [3.05, 3.63) is 23.9 Å². The lowest BCUT2D eigenvalue weighted by atomic mass is 10.2. The molecule has 1 aliphatic rings. The summed E-state index contributed by atoms with van der Waals surface area (Å²) < 4.78 is 4.89. The van der Waals surface area contributed by atoms with Crippen LogP contribution in [0.15, 0.2) is 18.3 Å². The Morgan fingerprint density at radius 1 is 1.40 bits per heavy atom. The standard InChI is InChI=1S/C15H25N3O2/c1-20-12-14(19)6-7-16-10-13-4-5-15(17-11-13)18-8-2-3-9-18/h4-5,11,14,16,19H,2-3,6-10,12H2,1H3. The molecule has 5 heteroatoms. The number of anilines is 1. The molecule has 0 amide bonds. The molecule has 1 fully saturated rings. The van der Waals surface area contributed by atoms with Gasteiger partial charge in [0.1, 0.15) is 5.82 Å². The molecule has 5 nitrogen and oxygen atoms in total. The maximum absolute atomic E-state index is 9.52. The van der Waals surface area contributed by atoms with Gasteiger partial charge in [0.05, 0.1) is 12.7 Å². The number of nitrogens with zero attached hydrogens (tertiary/aromatic N) is 2. The molecule has 1 aromatic rings. The van der Waals surface area contributed by atoms with Crippen molar-refractivity contribution in [1.82, 2.24) is 10.3 Å². The van der Waals surface area contributed by atoms with Crippen molar-refractivity contribution in [2.24, 2.45) is 0 Å². The summed E-state index contributed by atoms with van der Waals surface area (Å²) in [6.45, 7) is 4.21. The molecule has 2 rings (SSSR count). The van der Waals surface area contributed by atoms with Crippen molar-refractivity contribution in [2.75, 3.05) is 38.3 Å². The third-order valence-corrected chi connectivity index (χ3v) is 3.58. The predicted molar refractivity (Wildman–Crippen MR) is 79.9 cm³/mol. The number of pyridine rings is 1. The van der Waals surface area contributed by atoms with E-state index in [-0.39, 0.29) is 6.10 Å². The molecule has 0 aliphatic carbocycles. The zero-order chi connectivity index (χ0) is 14.2. The van der Waals surface area contributed by atoms with Crippen molar-refractivity contribution < 1.29 is 9.84 Å². The van der Waals surface area contributed by atoms with Gasteiger partial charge in [-0.25, -0.2) is 4.98 Å². The van der Waals surface area contributed by atoms with E-state index in [1.54, 1.807) is 7.11 Å². The second kappa shape index (κ2) is 8.19. The Bertz CT molecular complexity index is 377. The van der Waals surface area contributed by atoms with Crippen LogP contribution in [-0.4, -0.2) is 49.5 Å². The third kappa shape index (κ3) is 4.74. The highest BCUT2D eigenvalue weighted by Gasteiger charge is 2.12. The molecule has 0 spiro atoms. The summed E-state index contributed by atoms with van der Waals surface area (Å²) in [4.78, 5) is 6.85. The van der Waals surface area contributed by atoms with Crippen LogP contribution in [0.1, 0.15) is 24.8 Å². The van der Waals surface area contributed by atoms with E-state index in [4.69, 9.17) is 4.74 Å². The fourth-order valence-corrected chi connectivity index (χ4v) is 2.43. The van der Waals surface area contributed by atoms with Crippen LogP contribution in [0.5, 0.6) is 0 Å². The van der Waals surface area contributed by atoms with Gasteiger partial charge in [-0.05, 0) is 37.4 Å². The molecule has 1 unspecified atom stereocenters. The highest BCUT2D eigenvalue weighted by molar-refractivity contribution is 5.40. The third-order valence-electron chi connectivity index (χ3n) is 3.58. The van der Waals surface area contributed by atoms with Crippen LogP contribution in [0.3, 0.4) is 0 Å². The summed E-state index contributed by atoms with van der Waals surface area (Å²) in [7, 11) is 1.60. The number of nitrogens with one attached hydrogen (secondary N) is 1. The summed E-state index contributed by atoms with van der Waals surface area (Å²) in [5.74, 6) is 1.08. The number of methoxy groups -OCH3 is 1. The molecular formula is C15H25N3O2. The molecule has 1 aliphatic heterocycles. The Kier molecular flexibility index (Phi) is 6.24. The van der Waals surface area contributed by atoms with E-state index in [9.17, 15) is 5.11 Å². The van der Waals surface area contributed by atoms with Gasteiger partial charge in [0, 0.05) is 32.9 Å². The average molecular weight is 279 g/mol. The van der Waals surface area contributed by atoms with Crippen LogP contribution in [0, 0.1) is 0 Å². The van der Waals surface area contributed by atoms with Gasteiger partial charge in [-0.15, -0.1) is 0 Å². The molecule has 112 valence electrons. The van der Waals surface area contributed by atoms with Crippen molar-refractivity contribution in [2.45, 2.75) is 31.9 Å². The van der Waals surface area contributed by atoms with E-state index in [1.807, 2.05) is 6.20 Å². The van der Waals surface area contributed by atoms with Crippen molar-refractivity contribution >= 4 is 5.82 Å². The predicted octanol–water partition coefficient (Wildman–Crippen LogP) is 1.17. The van der Waals surface area contributed by atoms with Gasteiger partial charge in [0.15, 0.2) is 0 Å². The summed E-state index contributed by atoms with van der Waals surface area (Å²) in [5.41, 5.74) is 1.18. The quantitative estimate of drug-likeness (QED) is 0.700. The highest BCUT2D eigenvalue weighted by Crippen LogP contribution is 2.17. The first-order valence-electron chi connectivity index (χ1n) is 7.37. The van der Waals surface area contributed by atoms with E-state index >= 15 is 0 Å². The first kappa shape index (κ1) is 15.2. The molecule has 0 aromatic carbocycles. The average Bonchev–Trinajstić information content (AvgIpc) is 2.99. The fourth-order valence-electron chi connectivity index (χ4n) is 2.43. The number of aliphatic hydroxyl groups is 1. The van der Waals surface area contributed by atoms with Crippen molar-refractivity contribution in [3.8, 4) is 0 Å². The Morgan fingerprint density at radius 3 is 2.85 bits per heavy atom. The molecule has 2 heterocycles. The second-order valence-corrected chi connectivity index (χ2v) is 5.29. The van der Waals surface area contributed by atoms with E-state index in [2.05, 4.69) is 27.3 Å². The fraction of sp³-hybridized carbons (Fsp3) is 0.667. The van der Waals surface area contributed by atoms with Crippen LogP contribution >= 0.6 is 0 Å². The topological polar surface area (TPSA) is 57.6 Å². The van der Waals surface area contributed by atoms with Crippen LogP contribution in [0.2, 0.25) is 0 Å². The number of hydrogen-bond acceptors (Lipinski definition) is 5.